The van der Waals surface area contributed by atoms with Gasteiger partial charge in [-0.2, -0.15) is 0 Å². The number of hydrogen-bond acceptors (Lipinski definition) is 3. The number of rotatable bonds is 9. The highest BCUT2D eigenvalue weighted by atomic mass is 19.1. The van der Waals surface area contributed by atoms with Gasteiger partial charge in [-0.1, -0.05) is 24.3 Å². The molecule has 3 aliphatic rings. The molecule has 2 saturated carbocycles. The van der Waals surface area contributed by atoms with E-state index in [4.69, 9.17) is 4.74 Å². The summed E-state index contributed by atoms with van der Waals surface area (Å²) in [5.74, 6) is 1.13. The lowest BCUT2D eigenvalue weighted by Crippen LogP contribution is -2.42. The average molecular weight is 452 g/mol. The molecule has 1 unspecified atom stereocenters. The Bertz CT molecular complexity index is 925. The fourth-order valence-corrected chi connectivity index (χ4v) is 4.78. The van der Waals surface area contributed by atoms with Crippen molar-refractivity contribution in [3.8, 4) is 5.75 Å². The van der Waals surface area contributed by atoms with Crippen molar-refractivity contribution in [1.29, 1.82) is 0 Å². The zero-order valence-corrected chi connectivity index (χ0v) is 19.2. The van der Waals surface area contributed by atoms with Gasteiger partial charge in [-0.15, -0.1) is 0 Å². The molecule has 2 aliphatic carbocycles. The van der Waals surface area contributed by atoms with Crippen LogP contribution in [0.2, 0.25) is 0 Å². The molecule has 33 heavy (non-hydrogen) atoms. The van der Waals surface area contributed by atoms with E-state index in [-0.39, 0.29) is 11.8 Å². The first-order chi connectivity index (χ1) is 16.1. The third-order valence-corrected chi connectivity index (χ3v) is 7.16. The van der Waals surface area contributed by atoms with E-state index in [0.29, 0.717) is 25.1 Å². The molecule has 2 amide bonds. The van der Waals surface area contributed by atoms with Crippen molar-refractivity contribution < 1.29 is 13.9 Å². The van der Waals surface area contributed by atoms with Crippen LogP contribution < -0.4 is 10.1 Å². The molecule has 0 bridgehead atoms. The van der Waals surface area contributed by atoms with E-state index < -0.39 is 0 Å². The summed E-state index contributed by atoms with van der Waals surface area (Å²) in [4.78, 5) is 17.6. The van der Waals surface area contributed by atoms with Gasteiger partial charge in [0.15, 0.2) is 0 Å². The summed E-state index contributed by atoms with van der Waals surface area (Å²) in [7, 11) is 0. The Hall–Kier alpha value is -2.60. The van der Waals surface area contributed by atoms with Gasteiger partial charge in [-0.25, -0.2) is 9.18 Å². The minimum Gasteiger partial charge on any atom is -0.490 e. The van der Waals surface area contributed by atoms with Crippen molar-refractivity contribution in [2.24, 2.45) is 5.92 Å². The van der Waals surface area contributed by atoms with Crippen LogP contribution >= 0.6 is 0 Å². The van der Waals surface area contributed by atoms with Crippen LogP contribution in [0.1, 0.15) is 49.7 Å². The standard InChI is InChI=1S/C27H34FN3O2/c28-23-8-4-21(5-9-23)17-31(19-22-14-15-30(18-22)24-10-11-24)27(32)29-16-20-6-12-26(13-7-20)33-25-2-1-3-25/h4-9,12-13,22,24-25H,1-3,10-11,14-19H2,(H,29,32). The predicted molar refractivity (Wildman–Crippen MR) is 126 cm³/mol. The van der Waals surface area contributed by atoms with Crippen molar-refractivity contribution in [3.63, 3.8) is 0 Å². The van der Waals surface area contributed by atoms with E-state index in [1.54, 1.807) is 12.1 Å². The molecule has 176 valence electrons. The van der Waals surface area contributed by atoms with Crippen LogP contribution in [0.4, 0.5) is 9.18 Å². The van der Waals surface area contributed by atoms with Crippen LogP contribution in [0.3, 0.4) is 0 Å². The maximum atomic E-state index is 13.4. The number of likely N-dealkylation sites (tertiary alicyclic amines) is 1. The van der Waals surface area contributed by atoms with Crippen LogP contribution in [-0.2, 0) is 13.1 Å². The zero-order chi connectivity index (χ0) is 22.6. The van der Waals surface area contributed by atoms with Crippen molar-refractivity contribution in [1.82, 2.24) is 15.1 Å². The minimum atomic E-state index is -0.254. The first-order valence-corrected chi connectivity index (χ1v) is 12.4. The summed E-state index contributed by atoms with van der Waals surface area (Å²) in [6.07, 6.45) is 7.66. The molecule has 1 aliphatic heterocycles. The SMILES string of the molecule is O=C(NCc1ccc(OC2CCC2)cc1)N(Cc1ccc(F)cc1)CC1CCN(C2CC2)C1. The molecule has 6 heteroatoms. The largest absolute Gasteiger partial charge is 0.490 e. The molecule has 5 nitrogen and oxygen atoms in total. The summed E-state index contributed by atoms with van der Waals surface area (Å²) >= 11 is 0. The topological polar surface area (TPSA) is 44.8 Å². The highest BCUT2D eigenvalue weighted by Crippen LogP contribution is 2.32. The molecule has 2 aromatic rings. The molecule has 5 rings (SSSR count). The van der Waals surface area contributed by atoms with Gasteiger partial charge in [0.25, 0.3) is 0 Å². The average Bonchev–Trinajstić information content (AvgIpc) is 3.55. The number of nitrogens with zero attached hydrogens (tertiary/aromatic N) is 2. The van der Waals surface area contributed by atoms with Gasteiger partial charge in [-0.3, -0.25) is 0 Å². The maximum Gasteiger partial charge on any atom is 0.317 e. The Kier molecular flexibility index (Phi) is 6.81. The fraction of sp³-hybridized carbons (Fsp3) is 0.519. The second-order valence-electron chi connectivity index (χ2n) is 9.86. The fourth-order valence-electron chi connectivity index (χ4n) is 4.78. The Balaban J connectivity index is 1.18. The second-order valence-corrected chi connectivity index (χ2v) is 9.86. The van der Waals surface area contributed by atoms with Crippen LogP contribution in [0.5, 0.6) is 5.75 Å². The molecule has 1 atom stereocenters. The summed E-state index contributed by atoms with van der Waals surface area (Å²) in [5.41, 5.74) is 1.99. The third kappa shape index (κ3) is 6.05. The van der Waals surface area contributed by atoms with Gasteiger partial charge in [-0.05, 0) is 86.4 Å². The Morgan fingerprint density at radius 3 is 2.39 bits per heavy atom. The molecule has 2 aromatic carbocycles. The van der Waals surface area contributed by atoms with Gasteiger partial charge in [0.2, 0.25) is 0 Å². The number of halogens is 1. The van der Waals surface area contributed by atoms with Crippen LogP contribution in [0.15, 0.2) is 48.5 Å². The van der Waals surface area contributed by atoms with Crippen LogP contribution in [0.25, 0.3) is 0 Å². The highest BCUT2D eigenvalue weighted by Gasteiger charge is 2.35. The molecule has 0 spiro atoms. The molecule has 1 N–H and O–H groups in total. The Morgan fingerprint density at radius 1 is 1.00 bits per heavy atom. The number of ether oxygens (including phenoxy) is 1. The number of amides is 2. The summed E-state index contributed by atoms with van der Waals surface area (Å²) < 4.78 is 19.3. The summed E-state index contributed by atoms with van der Waals surface area (Å²) in [6, 6.07) is 15.2. The summed E-state index contributed by atoms with van der Waals surface area (Å²) in [5, 5.41) is 3.09. The first kappa shape index (κ1) is 22.2. The molecule has 0 aromatic heterocycles. The molecule has 3 fully saturated rings. The third-order valence-electron chi connectivity index (χ3n) is 7.16. The first-order valence-electron chi connectivity index (χ1n) is 12.4. The quantitative estimate of drug-likeness (QED) is 0.587. The Morgan fingerprint density at radius 2 is 1.73 bits per heavy atom. The number of carbonyl (C=O) groups is 1. The monoisotopic (exact) mass is 451 g/mol. The van der Waals surface area contributed by atoms with Gasteiger partial charge in [0, 0.05) is 32.2 Å². The highest BCUT2D eigenvalue weighted by molar-refractivity contribution is 5.74. The smallest absolute Gasteiger partial charge is 0.317 e. The molecule has 0 radical (unpaired) electrons. The Labute approximate surface area is 195 Å². The minimum absolute atomic E-state index is 0.0704. The lowest BCUT2D eigenvalue weighted by Gasteiger charge is -2.27. The van der Waals surface area contributed by atoms with Gasteiger partial charge in [0.1, 0.15) is 11.6 Å². The maximum absolute atomic E-state index is 13.4. The van der Waals surface area contributed by atoms with Crippen molar-refractivity contribution in [3.05, 3.63) is 65.5 Å². The van der Waals surface area contributed by atoms with Crippen molar-refractivity contribution in [2.45, 2.75) is 63.8 Å². The van der Waals surface area contributed by atoms with Gasteiger partial charge in [0.05, 0.1) is 6.10 Å². The molecular formula is C27H34FN3O2. The van der Waals surface area contributed by atoms with Crippen LogP contribution in [0, 0.1) is 11.7 Å². The van der Waals surface area contributed by atoms with Crippen LogP contribution in [-0.4, -0.2) is 47.6 Å². The number of nitrogens with one attached hydrogen (secondary N) is 1. The molecule has 1 heterocycles. The number of carbonyl (C=O) groups excluding carboxylic acids is 1. The van der Waals surface area contributed by atoms with Crippen molar-refractivity contribution in [2.75, 3.05) is 19.6 Å². The molecular weight excluding hydrogens is 417 g/mol. The second kappa shape index (κ2) is 10.1. The van der Waals surface area contributed by atoms with Gasteiger partial charge < -0.3 is 19.9 Å². The molecule has 1 saturated heterocycles. The van der Waals surface area contributed by atoms with E-state index in [2.05, 4.69) is 10.2 Å². The van der Waals surface area contributed by atoms with Crippen molar-refractivity contribution >= 4 is 6.03 Å². The number of benzene rings is 2. The normalized spacial score (nSPS) is 20.9. The van der Waals surface area contributed by atoms with E-state index in [0.717, 1.165) is 61.8 Å². The van der Waals surface area contributed by atoms with E-state index >= 15 is 0 Å². The van der Waals surface area contributed by atoms with E-state index in [1.165, 1.54) is 31.4 Å². The van der Waals surface area contributed by atoms with E-state index in [1.807, 2.05) is 29.2 Å². The number of urea groups is 1. The van der Waals surface area contributed by atoms with Gasteiger partial charge >= 0.3 is 6.03 Å². The lowest BCUT2D eigenvalue weighted by molar-refractivity contribution is 0.120. The van der Waals surface area contributed by atoms with E-state index in [9.17, 15) is 9.18 Å². The predicted octanol–water partition coefficient (Wildman–Crippen LogP) is 4.95. The number of hydrogen-bond donors (Lipinski definition) is 1. The zero-order valence-electron chi connectivity index (χ0n) is 19.2. The summed E-state index contributed by atoms with van der Waals surface area (Å²) in [6.45, 7) is 3.89. The lowest BCUT2D eigenvalue weighted by atomic mass is 9.96.